The van der Waals surface area contributed by atoms with E-state index in [1.165, 1.54) is 12.4 Å². The molecule has 1 unspecified atom stereocenters. The predicted molar refractivity (Wildman–Crippen MR) is 153 cm³/mol. The Bertz CT molecular complexity index is 1640. The Kier molecular flexibility index (Phi) is 7.94. The number of pyridine rings is 2. The van der Waals surface area contributed by atoms with Gasteiger partial charge in [0.25, 0.3) is 5.91 Å². The molecule has 1 aromatic carbocycles. The molecular weight excluding hydrogens is 508 g/mol. The molecular formula is C29H30N8O3. The molecule has 0 radical (unpaired) electrons. The number of nitrogens with one attached hydrogen (secondary N) is 4. The lowest BCUT2D eigenvalue weighted by Gasteiger charge is -2.13. The summed E-state index contributed by atoms with van der Waals surface area (Å²) in [5, 5.41) is 23.9. The number of benzene rings is 1. The van der Waals surface area contributed by atoms with Gasteiger partial charge >= 0.3 is 0 Å². The summed E-state index contributed by atoms with van der Waals surface area (Å²) in [4.78, 5) is 37.4. The van der Waals surface area contributed by atoms with Crippen LogP contribution in [0.3, 0.4) is 0 Å². The van der Waals surface area contributed by atoms with E-state index in [4.69, 9.17) is 0 Å². The highest BCUT2D eigenvalue weighted by atomic mass is 16.3. The molecule has 11 heteroatoms. The van der Waals surface area contributed by atoms with Crippen molar-refractivity contribution in [2.45, 2.75) is 19.4 Å². The number of nitrogens with zero attached hydrogens (tertiary/aromatic N) is 4. The van der Waals surface area contributed by atoms with Crippen LogP contribution in [-0.4, -0.2) is 54.7 Å². The van der Waals surface area contributed by atoms with Crippen LogP contribution in [0.25, 0.3) is 22.3 Å². The molecule has 40 heavy (non-hydrogen) atoms. The summed E-state index contributed by atoms with van der Waals surface area (Å²) in [5.74, 6) is -0.603. The van der Waals surface area contributed by atoms with Crippen LogP contribution in [-0.2, 0) is 11.8 Å². The minimum absolute atomic E-state index is 0.0699. The van der Waals surface area contributed by atoms with Crippen molar-refractivity contribution in [3.63, 3.8) is 0 Å². The zero-order valence-electron chi connectivity index (χ0n) is 22.2. The van der Waals surface area contributed by atoms with Gasteiger partial charge in [-0.05, 0) is 43.7 Å². The van der Waals surface area contributed by atoms with Crippen LogP contribution in [0.2, 0.25) is 0 Å². The maximum Gasteiger partial charge on any atom is 0.257 e. The maximum atomic E-state index is 13.0. The minimum atomic E-state index is -0.597. The number of aromatic nitrogens is 5. The van der Waals surface area contributed by atoms with Crippen molar-refractivity contribution in [3.8, 4) is 11.3 Å². The minimum Gasteiger partial charge on any atom is -0.388 e. The largest absolute Gasteiger partial charge is 0.388 e. The predicted octanol–water partition coefficient (Wildman–Crippen LogP) is 3.57. The molecule has 4 heterocycles. The van der Waals surface area contributed by atoms with Gasteiger partial charge in [0, 0.05) is 30.4 Å². The molecule has 2 amide bonds. The number of hydrogen-bond acceptors (Lipinski definition) is 7. The van der Waals surface area contributed by atoms with Crippen LogP contribution in [0.15, 0.2) is 73.3 Å². The third-order valence-electron chi connectivity index (χ3n) is 6.43. The first-order valence-electron chi connectivity index (χ1n) is 12.8. The molecule has 5 N–H and O–H groups in total. The van der Waals surface area contributed by atoms with Gasteiger partial charge in [0.1, 0.15) is 5.65 Å². The average molecular weight is 539 g/mol. The fraction of sp³-hybridized carbons (Fsp3) is 0.207. The molecule has 0 fully saturated rings. The number of rotatable bonds is 10. The van der Waals surface area contributed by atoms with Crippen LogP contribution < -0.4 is 16.0 Å². The second-order valence-electron chi connectivity index (χ2n) is 9.50. The van der Waals surface area contributed by atoms with Crippen LogP contribution in [0, 0.1) is 6.92 Å². The Morgan fingerprint density at radius 1 is 1.05 bits per heavy atom. The number of carbonyl (C=O) groups excluding carboxylic acids is 2. The lowest BCUT2D eigenvalue weighted by Crippen LogP contribution is -2.29. The molecule has 0 saturated carbocycles. The lowest BCUT2D eigenvalue weighted by atomic mass is 10.1. The van der Waals surface area contributed by atoms with Crippen LogP contribution in [0.5, 0.6) is 0 Å². The molecule has 1 atom stereocenters. The normalized spacial score (nSPS) is 11.9. The van der Waals surface area contributed by atoms with Gasteiger partial charge in [-0.3, -0.25) is 19.3 Å². The van der Waals surface area contributed by atoms with Crippen LogP contribution >= 0.6 is 0 Å². The van der Waals surface area contributed by atoms with Gasteiger partial charge in [-0.1, -0.05) is 30.3 Å². The van der Waals surface area contributed by atoms with Gasteiger partial charge in [-0.25, -0.2) is 4.98 Å². The number of H-pyrrole nitrogens is 1. The van der Waals surface area contributed by atoms with Gasteiger partial charge in [0.2, 0.25) is 5.91 Å². The highest BCUT2D eigenvalue weighted by Gasteiger charge is 2.14. The summed E-state index contributed by atoms with van der Waals surface area (Å²) in [5.41, 5.74) is 5.22. The monoisotopic (exact) mass is 538 g/mol. The van der Waals surface area contributed by atoms with E-state index in [0.717, 1.165) is 22.2 Å². The Morgan fingerprint density at radius 2 is 1.88 bits per heavy atom. The third-order valence-corrected chi connectivity index (χ3v) is 6.43. The van der Waals surface area contributed by atoms with Crippen molar-refractivity contribution in [2.24, 2.45) is 7.05 Å². The number of hydrogen-bond donors (Lipinski definition) is 5. The van der Waals surface area contributed by atoms with Crippen molar-refractivity contribution in [1.29, 1.82) is 0 Å². The van der Waals surface area contributed by atoms with E-state index in [9.17, 15) is 14.7 Å². The number of aliphatic hydroxyl groups excluding tert-OH is 1. The third kappa shape index (κ3) is 6.40. The quantitative estimate of drug-likeness (QED) is 0.171. The summed E-state index contributed by atoms with van der Waals surface area (Å²) in [6.45, 7) is 2.31. The fourth-order valence-electron chi connectivity index (χ4n) is 4.27. The highest BCUT2D eigenvalue weighted by Crippen LogP contribution is 2.24. The standard InChI is InChI=1S/C29H30N8O3/c1-18-24(12-23(15-31-18)34-27(39)16-30-9-8-26(38)19-6-4-3-5-7-19)36-29(40)21-10-20-11-25(35-28(20)32-13-21)22-14-33-37(2)17-22/h3-7,10-15,17,26,30,38H,8-9,16H2,1-2H3,(H,32,35)(H,34,39)(H,36,40). The number of anilines is 2. The van der Waals surface area contributed by atoms with E-state index in [-0.39, 0.29) is 18.4 Å². The Morgan fingerprint density at radius 3 is 2.65 bits per heavy atom. The first kappa shape index (κ1) is 26.7. The highest BCUT2D eigenvalue weighted by molar-refractivity contribution is 6.06. The Hall–Kier alpha value is -4.87. The Labute approximate surface area is 230 Å². The molecule has 0 aliphatic rings. The fourth-order valence-corrected chi connectivity index (χ4v) is 4.27. The van der Waals surface area contributed by atoms with Crippen LogP contribution in [0.1, 0.15) is 34.1 Å². The summed E-state index contributed by atoms with van der Waals surface area (Å²) in [6, 6.07) is 14.7. The molecule has 5 rings (SSSR count). The van der Waals surface area contributed by atoms with E-state index in [0.29, 0.717) is 41.2 Å². The van der Waals surface area contributed by atoms with Crippen LogP contribution in [0.4, 0.5) is 11.4 Å². The van der Waals surface area contributed by atoms with E-state index < -0.39 is 6.10 Å². The molecule has 0 aliphatic carbocycles. The number of fused-ring (bicyclic) bond motifs is 1. The van der Waals surface area contributed by atoms with Gasteiger partial charge < -0.3 is 26.0 Å². The van der Waals surface area contributed by atoms with Crippen molar-refractivity contribution in [3.05, 3.63) is 90.1 Å². The van der Waals surface area contributed by atoms with Gasteiger partial charge in [-0.2, -0.15) is 5.10 Å². The average Bonchev–Trinajstić information content (AvgIpc) is 3.59. The molecule has 204 valence electrons. The zero-order valence-corrected chi connectivity index (χ0v) is 22.2. The van der Waals surface area contributed by atoms with Crippen molar-refractivity contribution in [2.75, 3.05) is 23.7 Å². The molecule has 0 saturated heterocycles. The topological polar surface area (TPSA) is 150 Å². The van der Waals surface area contributed by atoms with E-state index in [1.807, 2.05) is 49.6 Å². The summed E-state index contributed by atoms with van der Waals surface area (Å²) < 4.78 is 1.72. The van der Waals surface area contributed by atoms with Crippen molar-refractivity contribution in [1.82, 2.24) is 30.0 Å². The second-order valence-corrected chi connectivity index (χ2v) is 9.50. The van der Waals surface area contributed by atoms with Gasteiger partial charge in [0.05, 0.1) is 53.4 Å². The van der Waals surface area contributed by atoms with Gasteiger partial charge in [-0.15, -0.1) is 0 Å². The lowest BCUT2D eigenvalue weighted by molar-refractivity contribution is -0.115. The van der Waals surface area contributed by atoms with E-state index >= 15 is 0 Å². The first-order chi connectivity index (χ1) is 19.4. The summed E-state index contributed by atoms with van der Waals surface area (Å²) in [7, 11) is 1.85. The molecule has 0 aliphatic heterocycles. The van der Waals surface area contributed by atoms with Gasteiger partial charge in [0.15, 0.2) is 0 Å². The van der Waals surface area contributed by atoms with Crippen molar-refractivity contribution < 1.29 is 14.7 Å². The number of aryl methyl sites for hydroxylation is 2. The molecule has 0 bridgehead atoms. The number of carbonyl (C=O) groups is 2. The smallest absolute Gasteiger partial charge is 0.257 e. The summed E-state index contributed by atoms with van der Waals surface area (Å²) >= 11 is 0. The SMILES string of the molecule is Cc1ncc(NC(=O)CNCCC(O)c2ccccc2)cc1NC(=O)c1cnc2[nH]c(-c3cnn(C)c3)cc2c1. The summed E-state index contributed by atoms with van der Waals surface area (Å²) in [6.07, 6.45) is 6.58. The second kappa shape index (κ2) is 11.9. The van der Waals surface area contributed by atoms with E-state index in [1.54, 1.807) is 29.9 Å². The zero-order chi connectivity index (χ0) is 28.1. The first-order valence-corrected chi connectivity index (χ1v) is 12.8. The number of amides is 2. The molecule has 11 nitrogen and oxygen atoms in total. The molecule has 0 spiro atoms. The maximum absolute atomic E-state index is 13.0. The van der Waals surface area contributed by atoms with Crippen molar-refractivity contribution >= 4 is 34.2 Å². The Balaban J connectivity index is 1.17. The number of aromatic amines is 1. The van der Waals surface area contributed by atoms with E-state index in [2.05, 4.69) is 36.0 Å². The number of aliphatic hydroxyl groups is 1. The molecule has 4 aromatic heterocycles. The molecule has 5 aromatic rings.